The molecule has 0 saturated heterocycles. The summed E-state index contributed by atoms with van der Waals surface area (Å²) in [5.41, 5.74) is 0.370. The fraction of sp³-hybridized carbons (Fsp3) is 0.188. The summed E-state index contributed by atoms with van der Waals surface area (Å²) in [6.45, 7) is 1.88. The van der Waals surface area contributed by atoms with E-state index in [1.54, 1.807) is 6.92 Å². The molecule has 24 heavy (non-hydrogen) atoms. The molecule has 0 bridgehead atoms. The molecule has 0 amide bonds. The van der Waals surface area contributed by atoms with E-state index >= 15 is 0 Å². The summed E-state index contributed by atoms with van der Waals surface area (Å²) < 4.78 is 50.3. The second-order valence-electron chi connectivity index (χ2n) is 4.70. The lowest BCUT2D eigenvalue weighted by Gasteiger charge is -2.10. The number of anilines is 1. The number of hydrogen-bond acceptors (Lipinski definition) is 5. The third-order valence-corrected chi connectivity index (χ3v) is 4.44. The molecule has 0 radical (unpaired) electrons. The number of methoxy groups -OCH3 is 1. The van der Waals surface area contributed by atoms with Crippen molar-refractivity contribution in [1.29, 1.82) is 0 Å². The Labute approximate surface area is 139 Å². The standard InChI is InChI=1S/C16H16FNO5S/c1-3-23-16(19)11-5-4-6-12(9-11)18-24(20,21)13-7-8-15(22-2)14(17)10-13/h4-10,18H,3H2,1-2H3. The van der Waals surface area contributed by atoms with Crippen LogP contribution in [-0.4, -0.2) is 28.1 Å². The first-order valence-corrected chi connectivity index (χ1v) is 8.49. The van der Waals surface area contributed by atoms with E-state index in [4.69, 9.17) is 9.47 Å². The largest absolute Gasteiger partial charge is 0.494 e. The van der Waals surface area contributed by atoms with Crippen LogP contribution in [-0.2, 0) is 14.8 Å². The average Bonchev–Trinajstić information content (AvgIpc) is 2.55. The molecule has 2 aromatic rings. The monoisotopic (exact) mass is 353 g/mol. The molecule has 0 heterocycles. The topological polar surface area (TPSA) is 81.7 Å². The zero-order valence-electron chi connectivity index (χ0n) is 13.1. The fourth-order valence-corrected chi connectivity index (χ4v) is 3.01. The molecule has 0 aliphatic rings. The van der Waals surface area contributed by atoms with Gasteiger partial charge < -0.3 is 9.47 Å². The minimum Gasteiger partial charge on any atom is -0.494 e. The Bertz CT molecular complexity index is 851. The molecule has 0 fully saturated rings. The maximum absolute atomic E-state index is 13.7. The Balaban J connectivity index is 2.28. The number of hydrogen-bond donors (Lipinski definition) is 1. The Morgan fingerprint density at radius 3 is 2.58 bits per heavy atom. The van der Waals surface area contributed by atoms with Gasteiger partial charge in [-0.3, -0.25) is 4.72 Å². The molecule has 0 aliphatic heterocycles. The number of carbonyl (C=O) groups is 1. The highest BCUT2D eigenvalue weighted by Gasteiger charge is 2.17. The summed E-state index contributed by atoms with van der Waals surface area (Å²) in [5.74, 6) is -1.41. The summed E-state index contributed by atoms with van der Waals surface area (Å²) in [4.78, 5) is 11.4. The lowest BCUT2D eigenvalue weighted by molar-refractivity contribution is 0.0526. The Morgan fingerprint density at radius 2 is 1.96 bits per heavy atom. The zero-order chi connectivity index (χ0) is 17.7. The molecule has 6 nitrogen and oxygen atoms in total. The Morgan fingerprint density at radius 1 is 1.21 bits per heavy atom. The van der Waals surface area contributed by atoms with Gasteiger partial charge in [-0.05, 0) is 43.3 Å². The average molecular weight is 353 g/mol. The fourth-order valence-electron chi connectivity index (χ4n) is 1.95. The summed E-state index contributed by atoms with van der Waals surface area (Å²) in [7, 11) is -2.73. The van der Waals surface area contributed by atoms with E-state index in [0.29, 0.717) is 0 Å². The van der Waals surface area contributed by atoms with E-state index in [9.17, 15) is 17.6 Å². The van der Waals surface area contributed by atoms with Crippen molar-refractivity contribution in [3.8, 4) is 5.75 Å². The van der Waals surface area contributed by atoms with Gasteiger partial charge in [-0.1, -0.05) is 6.07 Å². The van der Waals surface area contributed by atoms with Crippen molar-refractivity contribution in [2.45, 2.75) is 11.8 Å². The second kappa shape index (κ2) is 7.31. The number of carbonyl (C=O) groups excluding carboxylic acids is 1. The van der Waals surface area contributed by atoms with Crippen molar-refractivity contribution >= 4 is 21.7 Å². The van der Waals surface area contributed by atoms with Crippen molar-refractivity contribution < 1.29 is 27.1 Å². The number of halogens is 1. The first-order valence-electron chi connectivity index (χ1n) is 7.01. The highest BCUT2D eigenvalue weighted by atomic mass is 32.2. The van der Waals surface area contributed by atoms with Gasteiger partial charge >= 0.3 is 5.97 Å². The summed E-state index contributed by atoms with van der Waals surface area (Å²) in [5, 5.41) is 0. The van der Waals surface area contributed by atoms with Crippen molar-refractivity contribution in [3.63, 3.8) is 0 Å². The van der Waals surface area contributed by atoms with E-state index in [-0.39, 0.29) is 28.5 Å². The quantitative estimate of drug-likeness (QED) is 0.808. The number of nitrogens with one attached hydrogen (secondary N) is 1. The first kappa shape index (κ1) is 17.7. The molecule has 2 aromatic carbocycles. The van der Waals surface area contributed by atoms with E-state index in [1.165, 1.54) is 43.5 Å². The molecule has 0 aliphatic carbocycles. The van der Waals surface area contributed by atoms with Gasteiger partial charge in [-0.2, -0.15) is 0 Å². The van der Waals surface area contributed by atoms with Crippen LogP contribution in [0.4, 0.5) is 10.1 Å². The van der Waals surface area contributed by atoms with Gasteiger partial charge in [0.2, 0.25) is 0 Å². The molecule has 0 aromatic heterocycles. The number of rotatable bonds is 6. The van der Waals surface area contributed by atoms with Gasteiger partial charge in [0.1, 0.15) is 0 Å². The SMILES string of the molecule is CCOC(=O)c1cccc(NS(=O)(=O)c2ccc(OC)c(F)c2)c1. The smallest absolute Gasteiger partial charge is 0.338 e. The predicted octanol–water partition coefficient (Wildman–Crippen LogP) is 2.81. The van der Waals surface area contributed by atoms with Crippen LogP contribution in [0.2, 0.25) is 0 Å². The van der Waals surface area contributed by atoms with Crippen LogP contribution < -0.4 is 9.46 Å². The van der Waals surface area contributed by atoms with Crippen molar-refractivity contribution in [2.75, 3.05) is 18.4 Å². The molecule has 2 rings (SSSR count). The van der Waals surface area contributed by atoms with Gasteiger partial charge in [-0.25, -0.2) is 17.6 Å². The van der Waals surface area contributed by atoms with Crippen LogP contribution in [0.5, 0.6) is 5.75 Å². The molecule has 1 N–H and O–H groups in total. The lowest BCUT2D eigenvalue weighted by atomic mass is 10.2. The van der Waals surface area contributed by atoms with Crippen LogP contribution in [0.15, 0.2) is 47.4 Å². The van der Waals surface area contributed by atoms with E-state index in [2.05, 4.69) is 4.72 Å². The molecule has 8 heteroatoms. The van der Waals surface area contributed by atoms with E-state index in [1.807, 2.05) is 0 Å². The molecular formula is C16H16FNO5S. The van der Waals surface area contributed by atoms with E-state index in [0.717, 1.165) is 6.07 Å². The lowest BCUT2D eigenvalue weighted by Crippen LogP contribution is -2.14. The number of benzene rings is 2. The minimum atomic E-state index is -4.01. The summed E-state index contributed by atoms with van der Waals surface area (Å²) in [6.07, 6.45) is 0. The van der Waals surface area contributed by atoms with Gasteiger partial charge in [0.15, 0.2) is 11.6 Å². The Hall–Kier alpha value is -2.61. The highest BCUT2D eigenvalue weighted by Crippen LogP contribution is 2.23. The van der Waals surface area contributed by atoms with Crippen LogP contribution in [0.3, 0.4) is 0 Å². The van der Waals surface area contributed by atoms with Gasteiger partial charge in [0.05, 0.1) is 24.2 Å². The second-order valence-corrected chi connectivity index (χ2v) is 6.39. The van der Waals surface area contributed by atoms with Crippen LogP contribution in [0, 0.1) is 5.82 Å². The number of sulfonamides is 1. The number of ether oxygens (including phenoxy) is 2. The van der Waals surface area contributed by atoms with Crippen molar-refractivity contribution in [2.24, 2.45) is 0 Å². The van der Waals surface area contributed by atoms with E-state index < -0.39 is 21.8 Å². The predicted molar refractivity (Wildman–Crippen MR) is 86.2 cm³/mol. The first-order chi connectivity index (χ1) is 11.4. The molecule has 0 atom stereocenters. The summed E-state index contributed by atoms with van der Waals surface area (Å²) >= 11 is 0. The van der Waals surface area contributed by atoms with Crippen molar-refractivity contribution in [1.82, 2.24) is 0 Å². The van der Waals surface area contributed by atoms with Gasteiger partial charge in [0.25, 0.3) is 10.0 Å². The van der Waals surface area contributed by atoms with Crippen molar-refractivity contribution in [3.05, 3.63) is 53.8 Å². The van der Waals surface area contributed by atoms with Crippen LogP contribution >= 0.6 is 0 Å². The van der Waals surface area contributed by atoms with Gasteiger partial charge in [-0.15, -0.1) is 0 Å². The minimum absolute atomic E-state index is 0.0572. The number of esters is 1. The normalized spacial score (nSPS) is 11.0. The third kappa shape index (κ3) is 4.02. The zero-order valence-corrected chi connectivity index (χ0v) is 13.9. The summed E-state index contributed by atoms with van der Waals surface area (Å²) in [6, 6.07) is 9.13. The molecule has 0 unspecified atom stereocenters. The van der Waals surface area contributed by atoms with Crippen LogP contribution in [0.25, 0.3) is 0 Å². The maximum atomic E-state index is 13.7. The molecule has 0 spiro atoms. The highest BCUT2D eigenvalue weighted by molar-refractivity contribution is 7.92. The molecule has 0 saturated carbocycles. The van der Waals surface area contributed by atoms with Gasteiger partial charge in [0, 0.05) is 5.69 Å². The van der Waals surface area contributed by atoms with Crippen LogP contribution in [0.1, 0.15) is 17.3 Å². The maximum Gasteiger partial charge on any atom is 0.338 e. The third-order valence-electron chi connectivity index (χ3n) is 3.06. The molecular weight excluding hydrogens is 337 g/mol. The molecule has 128 valence electrons. The Kier molecular flexibility index (Phi) is 5.40.